The van der Waals surface area contributed by atoms with E-state index in [2.05, 4.69) is 37.0 Å². The summed E-state index contributed by atoms with van der Waals surface area (Å²) in [6.45, 7) is 0.426. The molecule has 2 aromatic rings. The maximum Gasteiger partial charge on any atom is 0.175 e. The Balaban J connectivity index is 2.20. The fourth-order valence-corrected chi connectivity index (χ4v) is 2.60. The molecule has 110 valence electrons. The van der Waals surface area contributed by atoms with Gasteiger partial charge in [-0.15, -0.1) is 0 Å². The van der Waals surface area contributed by atoms with Crippen LogP contribution in [0.15, 0.2) is 50.5 Å². The fraction of sp³-hybridized carbons (Fsp3) is 0.133. The van der Waals surface area contributed by atoms with Crippen LogP contribution in [0, 0.1) is 0 Å². The Labute approximate surface area is 139 Å². The minimum absolute atomic E-state index is 0.426. The Morgan fingerprint density at radius 2 is 1.90 bits per heavy atom. The Morgan fingerprint density at radius 1 is 1.19 bits per heavy atom. The van der Waals surface area contributed by atoms with Gasteiger partial charge in [0.05, 0.1) is 17.8 Å². The number of rotatable bonds is 5. The molecule has 0 aliphatic rings. The highest BCUT2D eigenvalue weighted by atomic mass is 79.9. The van der Waals surface area contributed by atoms with Crippen LogP contribution < -0.4 is 9.47 Å². The first-order valence-corrected chi connectivity index (χ1v) is 7.65. The van der Waals surface area contributed by atoms with Gasteiger partial charge in [-0.2, -0.15) is 0 Å². The van der Waals surface area contributed by atoms with Gasteiger partial charge in [0.1, 0.15) is 6.61 Å². The molecule has 0 heterocycles. The molecule has 4 nitrogen and oxygen atoms in total. The highest BCUT2D eigenvalue weighted by Crippen LogP contribution is 2.36. The van der Waals surface area contributed by atoms with Crippen molar-refractivity contribution in [2.75, 3.05) is 7.11 Å². The van der Waals surface area contributed by atoms with Crippen LogP contribution in [0.2, 0.25) is 0 Å². The van der Waals surface area contributed by atoms with Crippen molar-refractivity contribution in [2.45, 2.75) is 6.61 Å². The fourth-order valence-electron chi connectivity index (χ4n) is 1.76. The molecule has 6 heteroatoms. The van der Waals surface area contributed by atoms with E-state index in [0.29, 0.717) is 23.7 Å². The molecule has 0 bridgehead atoms. The smallest absolute Gasteiger partial charge is 0.175 e. The summed E-state index contributed by atoms with van der Waals surface area (Å²) in [5.41, 5.74) is 1.75. The lowest BCUT2D eigenvalue weighted by Gasteiger charge is -2.13. The molecule has 0 aliphatic carbocycles. The van der Waals surface area contributed by atoms with E-state index in [1.807, 2.05) is 24.3 Å². The average molecular weight is 415 g/mol. The predicted molar refractivity (Wildman–Crippen MR) is 88.5 cm³/mol. The summed E-state index contributed by atoms with van der Waals surface area (Å²) in [4.78, 5) is 0. The van der Waals surface area contributed by atoms with Gasteiger partial charge in [-0.1, -0.05) is 33.2 Å². The van der Waals surface area contributed by atoms with Crippen molar-refractivity contribution in [3.63, 3.8) is 0 Å². The number of methoxy groups -OCH3 is 1. The van der Waals surface area contributed by atoms with E-state index in [9.17, 15) is 0 Å². The van der Waals surface area contributed by atoms with Crippen LogP contribution in [0.4, 0.5) is 0 Å². The number of hydrogen-bond acceptors (Lipinski definition) is 4. The van der Waals surface area contributed by atoms with Crippen molar-refractivity contribution in [3.8, 4) is 11.5 Å². The molecule has 0 saturated heterocycles. The second kappa shape index (κ2) is 7.47. The largest absolute Gasteiger partial charge is 0.493 e. The Kier molecular flexibility index (Phi) is 5.64. The molecule has 0 aromatic heterocycles. The van der Waals surface area contributed by atoms with Crippen molar-refractivity contribution in [3.05, 3.63) is 56.5 Å². The molecule has 0 saturated carbocycles. The molecular formula is C15H13Br2NO3. The topological polar surface area (TPSA) is 51.0 Å². The maximum atomic E-state index is 8.60. The van der Waals surface area contributed by atoms with Crippen LogP contribution in [0.3, 0.4) is 0 Å². The normalized spacial score (nSPS) is 10.8. The summed E-state index contributed by atoms with van der Waals surface area (Å²) in [5.74, 6) is 1.17. The molecular weight excluding hydrogens is 402 g/mol. The summed E-state index contributed by atoms with van der Waals surface area (Å²) in [5, 5.41) is 11.6. The maximum absolute atomic E-state index is 8.60. The lowest BCUT2D eigenvalue weighted by atomic mass is 10.2. The number of benzene rings is 2. The molecule has 0 atom stereocenters. The lowest BCUT2D eigenvalue weighted by molar-refractivity contribution is 0.282. The van der Waals surface area contributed by atoms with Crippen LogP contribution in [0.5, 0.6) is 11.5 Å². The van der Waals surface area contributed by atoms with Gasteiger partial charge >= 0.3 is 0 Å². The van der Waals surface area contributed by atoms with E-state index in [-0.39, 0.29) is 0 Å². The van der Waals surface area contributed by atoms with Crippen molar-refractivity contribution in [2.24, 2.45) is 5.16 Å². The van der Waals surface area contributed by atoms with Crippen LogP contribution in [0.1, 0.15) is 11.1 Å². The zero-order chi connectivity index (χ0) is 15.2. The summed E-state index contributed by atoms with van der Waals surface area (Å²) in [6, 6.07) is 11.4. The highest BCUT2D eigenvalue weighted by Gasteiger charge is 2.11. The first-order chi connectivity index (χ1) is 10.1. The van der Waals surface area contributed by atoms with E-state index in [1.54, 1.807) is 19.2 Å². The molecule has 0 unspecified atom stereocenters. The summed E-state index contributed by atoms with van der Waals surface area (Å²) in [6.07, 6.45) is 1.33. The molecule has 21 heavy (non-hydrogen) atoms. The number of oxime groups is 1. The van der Waals surface area contributed by atoms with E-state index < -0.39 is 0 Å². The molecule has 0 fully saturated rings. The van der Waals surface area contributed by atoms with Crippen LogP contribution in [-0.4, -0.2) is 18.5 Å². The first kappa shape index (κ1) is 15.9. The average Bonchev–Trinajstić information content (AvgIpc) is 2.47. The van der Waals surface area contributed by atoms with Crippen LogP contribution in [-0.2, 0) is 6.61 Å². The van der Waals surface area contributed by atoms with Gasteiger partial charge in [0.15, 0.2) is 11.5 Å². The van der Waals surface area contributed by atoms with Crippen LogP contribution in [0.25, 0.3) is 0 Å². The number of nitrogens with zero attached hydrogens (tertiary/aromatic N) is 1. The molecule has 2 rings (SSSR count). The third-order valence-electron chi connectivity index (χ3n) is 2.76. The minimum Gasteiger partial charge on any atom is -0.493 e. The summed E-state index contributed by atoms with van der Waals surface area (Å²) in [7, 11) is 1.56. The quantitative estimate of drug-likeness (QED) is 0.441. The number of halogens is 2. The molecule has 0 amide bonds. The third-order valence-corrected chi connectivity index (χ3v) is 3.87. The summed E-state index contributed by atoms with van der Waals surface area (Å²) < 4.78 is 12.9. The van der Waals surface area contributed by atoms with Crippen molar-refractivity contribution >= 4 is 38.1 Å². The number of ether oxygens (including phenoxy) is 2. The van der Waals surface area contributed by atoms with Gasteiger partial charge in [0.2, 0.25) is 0 Å². The van der Waals surface area contributed by atoms with Gasteiger partial charge in [-0.05, 0) is 45.8 Å². The summed E-state index contributed by atoms with van der Waals surface area (Å²) >= 11 is 6.84. The van der Waals surface area contributed by atoms with Gasteiger partial charge in [-0.3, -0.25) is 0 Å². The van der Waals surface area contributed by atoms with Gasteiger partial charge in [0.25, 0.3) is 0 Å². The van der Waals surface area contributed by atoms with Gasteiger partial charge < -0.3 is 14.7 Å². The second-order valence-corrected chi connectivity index (χ2v) is 5.96. The predicted octanol–water partition coefficient (Wildman–Crippen LogP) is 4.61. The standard InChI is InChI=1S/C15H13Br2NO3/c1-20-14-7-11(8-18-19)6-13(17)15(14)21-9-10-2-4-12(16)5-3-10/h2-8,19H,9H2,1H3/b18-8+. The van der Waals surface area contributed by atoms with Crippen molar-refractivity contribution in [1.82, 2.24) is 0 Å². The zero-order valence-corrected chi connectivity index (χ0v) is 14.4. The third kappa shape index (κ3) is 4.22. The van der Waals surface area contributed by atoms with Gasteiger partial charge in [0, 0.05) is 10.0 Å². The Morgan fingerprint density at radius 3 is 2.52 bits per heavy atom. The SMILES string of the molecule is COc1cc(/C=N/O)cc(Br)c1OCc1ccc(Br)cc1. The van der Waals surface area contributed by atoms with E-state index in [0.717, 1.165) is 14.5 Å². The van der Waals surface area contributed by atoms with E-state index in [4.69, 9.17) is 14.7 Å². The highest BCUT2D eigenvalue weighted by molar-refractivity contribution is 9.10. The molecule has 0 spiro atoms. The van der Waals surface area contributed by atoms with E-state index in [1.165, 1.54) is 6.21 Å². The van der Waals surface area contributed by atoms with Crippen LogP contribution >= 0.6 is 31.9 Å². The van der Waals surface area contributed by atoms with Crippen molar-refractivity contribution < 1.29 is 14.7 Å². The lowest BCUT2D eigenvalue weighted by Crippen LogP contribution is -1.99. The van der Waals surface area contributed by atoms with E-state index >= 15 is 0 Å². The minimum atomic E-state index is 0.426. The molecule has 0 radical (unpaired) electrons. The van der Waals surface area contributed by atoms with Crippen molar-refractivity contribution in [1.29, 1.82) is 0 Å². The first-order valence-electron chi connectivity index (χ1n) is 6.06. The number of hydrogen-bond donors (Lipinski definition) is 1. The Hall–Kier alpha value is -1.53. The van der Waals surface area contributed by atoms with Gasteiger partial charge in [-0.25, -0.2) is 0 Å². The molecule has 0 aliphatic heterocycles. The second-order valence-electron chi connectivity index (χ2n) is 4.19. The molecule has 1 N–H and O–H groups in total. The Bertz CT molecular complexity index is 642. The monoisotopic (exact) mass is 413 g/mol. The zero-order valence-electron chi connectivity index (χ0n) is 11.2. The molecule has 2 aromatic carbocycles.